The third kappa shape index (κ3) is 4.17. The molecule has 1 amide bonds. The maximum atomic E-state index is 12.2. The fourth-order valence-corrected chi connectivity index (χ4v) is 3.33. The number of benzene rings is 1. The largest absolute Gasteiger partial charge is 0.445 e. The van der Waals surface area contributed by atoms with Gasteiger partial charge in [-0.3, -0.25) is 4.98 Å². The van der Waals surface area contributed by atoms with Crippen LogP contribution in [-0.2, 0) is 16.9 Å². The normalized spacial score (nSPS) is 17.8. The molecule has 0 spiro atoms. The number of nitrogens with zero attached hydrogens (tertiary/aromatic N) is 2. The number of carbonyl (C=O) groups excluding carboxylic acids is 1. The summed E-state index contributed by atoms with van der Waals surface area (Å²) in [5.41, 5.74) is 0.860. The molecule has 0 radical (unpaired) electrons. The number of likely N-dealkylation sites (tertiary alicyclic amines) is 1. The second-order valence-electron chi connectivity index (χ2n) is 6.69. The smallest absolute Gasteiger partial charge is 0.410 e. The standard InChI is InChI=1S/C20H24N2O3/c1-20(24,18-8-5-11-21-14-18)17-9-12-22(13-10-17)19(23)25-15-16-6-3-2-4-7-16/h2-8,11,14,17,24H,9-10,12-13,15H2,1H3/t20-/m1/s1. The second kappa shape index (κ2) is 7.66. The van der Waals surface area contributed by atoms with Gasteiger partial charge in [0, 0.05) is 31.0 Å². The fraction of sp³-hybridized carbons (Fsp3) is 0.400. The Balaban J connectivity index is 1.52. The summed E-state index contributed by atoms with van der Waals surface area (Å²) >= 11 is 0. The molecule has 1 aromatic heterocycles. The van der Waals surface area contributed by atoms with Gasteiger partial charge in [-0.15, -0.1) is 0 Å². The van der Waals surface area contributed by atoms with E-state index in [1.54, 1.807) is 17.3 Å². The fourth-order valence-electron chi connectivity index (χ4n) is 3.33. The average Bonchev–Trinajstić information content (AvgIpc) is 2.68. The van der Waals surface area contributed by atoms with E-state index in [4.69, 9.17) is 4.74 Å². The van der Waals surface area contributed by atoms with E-state index in [0.717, 1.165) is 24.0 Å². The predicted molar refractivity (Wildman–Crippen MR) is 94.7 cm³/mol. The molecule has 2 aromatic rings. The van der Waals surface area contributed by atoms with Crippen LogP contribution in [0.15, 0.2) is 54.9 Å². The number of aliphatic hydroxyl groups is 1. The van der Waals surface area contributed by atoms with Crippen molar-refractivity contribution in [3.05, 3.63) is 66.0 Å². The molecule has 0 unspecified atom stereocenters. The van der Waals surface area contributed by atoms with E-state index in [0.29, 0.717) is 13.1 Å². The molecular formula is C20H24N2O3. The molecule has 0 bridgehead atoms. The summed E-state index contributed by atoms with van der Waals surface area (Å²) in [7, 11) is 0. The number of ether oxygens (including phenoxy) is 1. The van der Waals surface area contributed by atoms with Gasteiger partial charge in [-0.2, -0.15) is 0 Å². The number of carbonyl (C=O) groups is 1. The van der Waals surface area contributed by atoms with Gasteiger partial charge in [0.25, 0.3) is 0 Å². The van der Waals surface area contributed by atoms with Gasteiger partial charge in [0.2, 0.25) is 0 Å². The van der Waals surface area contributed by atoms with Crippen molar-refractivity contribution in [2.45, 2.75) is 32.0 Å². The lowest BCUT2D eigenvalue weighted by atomic mass is 9.78. The summed E-state index contributed by atoms with van der Waals surface area (Å²) in [5.74, 6) is 0.0925. The van der Waals surface area contributed by atoms with E-state index in [1.165, 1.54) is 0 Å². The Morgan fingerprint density at radius 2 is 1.96 bits per heavy atom. The van der Waals surface area contributed by atoms with E-state index in [9.17, 15) is 9.90 Å². The first kappa shape index (κ1) is 17.4. The van der Waals surface area contributed by atoms with Crippen molar-refractivity contribution < 1.29 is 14.6 Å². The number of pyridine rings is 1. The second-order valence-corrected chi connectivity index (χ2v) is 6.69. The molecule has 1 N–H and O–H groups in total. The molecule has 132 valence electrons. The van der Waals surface area contributed by atoms with E-state index in [2.05, 4.69) is 4.98 Å². The van der Waals surface area contributed by atoms with Crippen LogP contribution < -0.4 is 0 Å². The highest BCUT2D eigenvalue weighted by molar-refractivity contribution is 5.67. The van der Waals surface area contributed by atoms with Crippen molar-refractivity contribution in [1.29, 1.82) is 0 Å². The van der Waals surface area contributed by atoms with Crippen LogP contribution in [0.5, 0.6) is 0 Å². The molecule has 1 aliphatic rings. The van der Waals surface area contributed by atoms with Crippen LogP contribution in [0.2, 0.25) is 0 Å². The molecule has 1 fully saturated rings. The van der Waals surface area contributed by atoms with E-state index in [1.807, 2.05) is 49.4 Å². The molecule has 25 heavy (non-hydrogen) atoms. The number of hydrogen-bond donors (Lipinski definition) is 1. The minimum atomic E-state index is -0.936. The van der Waals surface area contributed by atoms with Gasteiger partial charge in [0.05, 0.1) is 5.60 Å². The first-order valence-electron chi connectivity index (χ1n) is 8.66. The van der Waals surface area contributed by atoms with Gasteiger partial charge < -0.3 is 14.7 Å². The Hall–Kier alpha value is -2.40. The lowest BCUT2D eigenvalue weighted by Gasteiger charge is -2.39. The molecule has 0 saturated carbocycles. The minimum Gasteiger partial charge on any atom is -0.445 e. The Labute approximate surface area is 148 Å². The predicted octanol–water partition coefficient (Wildman–Crippen LogP) is 3.34. The van der Waals surface area contributed by atoms with Crippen molar-refractivity contribution in [2.75, 3.05) is 13.1 Å². The molecule has 3 rings (SSSR count). The van der Waals surface area contributed by atoms with Crippen LogP contribution >= 0.6 is 0 Å². The molecule has 1 aromatic carbocycles. The van der Waals surface area contributed by atoms with Crippen molar-refractivity contribution in [3.8, 4) is 0 Å². The summed E-state index contributed by atoms with van der Waals surface area (Å²) < 4.78 is 5.39. The first-order chi connectivity index (χ1) is 12.1. The number of amides is 1. The highest BCUT2D eigenvalue weighted by atomic mass is 16.6. The van der Waals surface area contributed by atoms with Gasteiger partial charge >= 0.3 is 6.09 Å². The van der Waals surface area contributed by atoms with Crippen molar-refractivity contribution >= 4 is 6.09 Å². The molecule has 5 nitrogen and oxygen atoms in total. The van der Waals surface area contributed by atoms with Gasteiger partial charge in [0.15, 0.2) is 0 Å². The highest BCUT2D eigenvalue weighted by Crippen LogP contribution is 2.35. The summed E-state index contributed by atoms with van der Waals surface area (Å²) in [4.78, 5) is 18.0. The Kier molecular flexibility index (Phi) is 5.34. The lowest BCUT2D eigenvalue weighted by Crippen LogP contribution is -2.44. The molecular weight excluding hydrogens is 316 g/mol. The average molecular weight is 340 g/mol. The zero-order valence-electron chi connectivity index (χ0n) is 14.5. The van der Waals surface area contributed by atoms with Gasteiger partial charge in [0.1, 0.15) is 6.61 Å². The van der Waals surface area contributed by atoms with E-state index in [-0.39, 0.29) is 18.6 Å². The molecule has 1 saturated heterocycles. The van der Waals surface area contributed by atoms with E-state index < -0.39 is 5.60 Å². The topological polar surface area (TPSA) is 62.7 Å². The Bertz CT molecular complexity index is 681. The third-order valence-electron chi connectivity index (χ3n) is 5.00. The third-order valence-corrected chi connectivity index (χ3v) is 5.00. The molecule has 2 heterocycles. The van der Waals surface area contributed by atoms with Gasteiger partial charge in [-0.1, -0.05) is 36.4 Å². The molecule has 1 atom stereocenters. The summed E-state index contributed by atoms with van der Waals surface area (Å²) in [6, 6.07) is 13.4. The Morgan fingerprint density at radius 1 is 1.24 bits per heavy atom. The van der Waals surface area contributed by atoms with Crippen molar-refractivity contribution in [2.24, 2.45) is 5.92 Å². The lowest BCUT2D eigenvalue weighted by molar-refractivity contribution is -0.0331. The molecule has 1 aliphatic heterocycles. The van der Waals surface area contributed by atoms with Crippen molar-refractivity contribution in [3.63, 3.8) is 0 Å². The van der Waals surface area contributed by atoms with E-state index >= 15 is 0 Å². The quantitative estimate of drug-likeness (QED) is 0.927. The SMILES string of the molecule is C[C@](O)(c1cccnc1)C1CCN(C(=O)OCc2ccccc2)CC1. The number of hydrogen-bond acceptors (Lipinski definition) is 4. The Morgan fingerprint density at radius 3 is 2.60 bits per heavy atom. The number of piperidine rings is 1. The molecule has 0 aliphatic carbocycles. The zero-order valence-corrected chi connectivity index (χ0v) is 14.5. The maximum absolute atomic E-state index is 12.2. The van der Waals surface area contributed by atoms with Crippen LogP contribution in [0.3, 0.4) is 0 Å². The number of rotatable bonds is 4. The van der Waals surface area contributed by atoms with Crippen LogP contribution in [0.25, 0.3) is 0 Å². The van der Waals surface area contributed by atoms with Crippen molar-refractivity contribution in [1.82, 2.24) is 9.88 Å². The van der Waals surface area contributed by atoms with Crippen LogP contribution in [-0.4, -0.2) is 34.2 Å². The first-order valence-corrected chi connectivity index (χ1v) is 8.66. The van der Waals surface area contributed by atoms with Crippen LogP contribution in [0, 0.1) is 5.92 Å². The summed E-state index contributed by atoms with van der Waals surface area (Å²) in [5, 5.41) is 10.9. The highest BCUT2D eigenvalue weighted by Gasteiger charge is 2.37. The van der Waals surface area contributed by atoms with Crippen LogP contribution in [0.4, 0.5) is 4.79 Å². The monoisotopic (exact) mass is 340 g/mol. The zero-order chi connectivity index (χ0) is 17.7. The summed E-state index contributed by atoms with van der Waals surface area (Å²) in [6.07, 6.45) is 4.60. The number of aromatic nitrogens is 1. The summed E-state index contributed by atoms with van der Waals surface area (Å²) in [6.45, 7) is 3.30. The van der Waals surface area contributed by atoms with Crippen LogP contribution in [0.1, 0.15) is 30.9 Å². The van der Waals surface area contributed by atoms with Gasteiger partial charge in [-0.05, 0) is 37.3 Å². The molecule has 5 heteroatoms. The minimum absolute atomic E-state index is 0.0925. The maximum Gasteiger partial charge on any atom is 0.410 e. The van der Waals surface area contributed by atoms with Gasteiger partial charge in [-0.25, -0.2) is 4.79 Å².